The molecule has 1 amide bonds. The number of piperidine rings is 1. The van der Waals surface area contributed by atoms with Crippen LogP contribution in [0.2, 0.25) is 0 Å². The van der Waals surface area contributed by atoms with E-state index in [0.29, 0.717) is 35.8 Å². The van der Waals surface area contributed by atoms with Crippen molar-refractivity contribution in [2.45, 2.75) is 55.9 Å². The van der Waals surface area contributed by atoms with Crippen molar-refractivity contribution in [1.82, 2.24) is 4.31 Å². The summed E-state index contributed by atoms with van der Waals surface area (Å²) in [6.07, 6.45) is 7.72. The molecule has 0 unspecified atom stereocenters. The van der Waals surface area contributed by atoms with Gasteiger partial charge >= 0.3 is 0 Å². The third-order valence-corrected chi connectivity index (χ3v) is 7.83. The Hall–Kier alpha value is -1.44. The maximum absolute atomic E-state index is 12.8. The highest BCUT2D eigenvalue weighted by molar-refractivity contribution is 7.89. The average Bonchev–Trinajstić information content (AvgIpc) is 3.18. The molecule has 27 heavy (non-hydrogen) atoms. The van der Waals surface area contributed by atoms with Gasteiger partial charge in [0.15, 0.2) is 6.54 Å². The number of likely N-dealkylation sites (N-methyl/N-ethyl adjacent to an activating group) is 1. The summed E-state index contributed by atoms with van der Waals surface area (Å²) in [7, 11) is 0.718. The first kappa shape index (κ1) is 20.3. The number of hydrogen-bond donors (Lipinski definition) is 1. The van der Waals surface area contributed by atoms with Gasteiger partial charge in [-0.2, -0.15) is 4.31 Å². The minimum absolute atomic E-state index is 0.0700. The summed E-state index contributed by atoms with van der Waals surface area (Å²) < 4.78 is 27.9. The van der Waals surface area contributed by atoms with Gasteiger partial charge in [0.05, 0.1) is 25.0 Å². The minimum Gasteiger partial charge on any atom is -0.321 e. The molecule has 1 aromatic carbocycles. The number of carbonyl (C=O) groups excluding carboxylic acids is 1. The van der Waals surface area contributed by atoms with Gasteiger partial charge in [-0.3, -0.25) is 4.79 Å². The first-order chi connectivity index (χ1) is 12.8. The monoisotopic (exact) mass is 394 g/mol. The number of benzene rings is 1. The second-order valence-corrected chi connectivity index (χ2v) is 10.4. The van der Waals surface area contributed by atoms with E-state index in [2.05, 4.69) is 19.4 Å². The topological polar surface area (TPSA) is 66.5 Å². The number of amides is 1. The largest absolute Gasteiger partial charge is 0.321 e. The van der Waals surface area contributed by atoms with Crippen LogP contribution in [0.1, 0.15) is 44.9 Å². The Morgan fingerprint density at radius 3 is 2.44 bits per heavy atom. The van der Waals surface area contributed by atoms with E-state index in [-0.39, 0.29) is 10.8 Å². The van der Waals surface area contributed by atoms with Crippen LogP contribution in [0.3, 0.4) is 0 Å². The van der Waals surface area contributed by atoms with Gasteiger partial charge in [-0.05, 0) is 56.7 Å². The normalized spacial score (nSPS) is 19.9. The third kappa shape index (κ3) is 4.89. The van der Waals surface area contributed by atoms with E-state index in [1.165, 1.54) is 25.7 Å². The molecule has 3 rings (SSSR count). The Bertz CT molecular complexity index is 764. The van der Waals surface area contributed by atoms with E-state index in [0.717, 1.165) is 19.3 Å². The maximum atomic E-state index is 12.8. The number of nitrogens with zero attached hydrogens (tertiary/aromatic N) is 2. The first-order valence-electron chi connectivity index (χ1n) is 10.0. The average molecular weight is 395 g/mol. The summed E-state index contributed by atoms with van der Waals surface area (Å²) in [6.45, 7) is 1.55. The summed E-state index contributed by atoms with van der Waals surface area (Å²) >= 11 is 0. The summed E-state index contributed by atoms with van der Waals surface area (Å²) in [4.78, 5) is 12.8. The molecule has 1 saturated heterocycles. The molecule has 0 atom stereocenters. The lowest BCUT2D eigenvalue weighted by atomic mass is 10.2. The standard InChI is InChI=1S/C20H31N3O3S/c1-23(2,18-10-4-5-11-18)16-20(24)21-17-9-8-12-19(15-17)27(25,26)22-13-6-3-7-14-22/h8-9,12,15,18H,3-7,10-11,13-14,16H2,1-2H3/p+1. The van der Waals surface area contributed by atoms with E-state index in [4.69, 9.17) is 0 Å². The molecular formula is C20H32N3O3S+. The fraction of sp³-hybridized carbons (Fsp3) is 0.650. The Labute approximate surface area is 163 Å². The van der Waals surface area contributed by atoms with Crippen LogP contribution in [0.5, 0.6) is 0 Å². The molecule has 150 valence electrons. The Kier molecular flexibility index (Phi) is 6.23. The predicted molar refractivity (Wildman–Crippen MR) is 107 cm³/mol. The molecule has 2 fully saturated rings. The molecule has 1 heterocycles. The van der Waals surface area contributed by atoms with Crippen molar-refractivity contribution in [3.63, 3.8) is 0 Å². The highest BCUT2D eigenvalue weighted by Crippen LogP contribution is 2.27. The van der Waals surface area contributed by atoms with Crippen molar-refractivity contribution in [3.8, 4) is 0 Å². The van der Waals surface area contributed by atoms with Gasteiger partial charge in [0, 0.05) is 18.8 Å². The molecule has 0 radical (unpaired) electrons. The lowest BCUT2D eigenvalue weighted by Crippen LogP contribution is -2.51. The summed E-state index contributed by atoms with van der Waals surface area (Å²) in [6, 6.07) is 7.17. The van der Waals surface area contributed by atoms with E-state index in [1.54, 1.807) is 28.6 Å². The highest BCUT2D eigenvalue weighted by atomic mass is 32.2. The Balaban J connectivity index is 1.67. The molecule has 1 saturated carbocycles. The predicted octanol–water partition coefficient (Wildman–Crippen LogP) is 2.82. The smallest absolute Gasteiger partial charge is 0.279 e. The zero-order chi connectivity index (χ0) is 19.5. The van der Waals surface area contributed by atoms with Gasteiger partial charge < -0.3 is 9.80 Å². The first-order valence-corrected chi connectivity index (χ1v) is 11.5. The summed E-state index contributed by atoms with van der Waals surface area (Å²) in [5, 5.41) is 2.90. The Morgan fingerprint density at radius 1 is 1.11 bits per heavy atom. The molecule has 1 aliphatic carbocycles. The second-order valence-electron chi connectivity index (χ2n) is 8.42. The summed E-state index contributed by atoms with van der Waals surface area (Å²) in [5.41, 5.74) is 0.546. The van der Waals surface area contributed by atoms with E-state index >= 15 is 0 Å². The van der Waals surface area contributed by atoms with Gasteiger partial charge in [0.2, 0.25) is 10.0 Å². The van der Waals surface area contributed by atoms with Crippen LogP contribution in [-0.4, -0.2) is 62.9 Å². The van der Waals surface area contributed by atoms with Crippen LogP contribution in [0.4, 0.5) is 5.69 Å². The van der Waals surface area contributed by atoms with Gasteiger partial charge in [-0.1, -0.05) is 12.5 Å². The van der Waals surface area contributed by atoms with Crippen molar-refractivity contribution in [1.29, 1.82) is 0 Å². The fourth-order valence-electron chi connectivity index (χ4n) is 4.29. The molecule has 0 aromatic heterocycles. The molecule has 7 heteroatoms. The molecule has 2 aliphatic rings. The van der Waals surface area contributed by atoms with Crippen molar-refractivity contribution >= 4 is 21.6 Å². The van der Waals surface area contributed by atoms with Gasteiger partial charge in [0.25, 0.3) is 5.91 Å². The molecule has 0 bridgehead atoms. The maximum Gasteiger partial charge on any atom is 0.279 e. The highest BCUT2D eigenvalue weighted by Gasteiger charge is 2.33. The molecular weight excluding hydrogens is 362 g/mol. The SMILES string of the molecule is C[N+](C)(CC(=O)Nc1cccc(S(=O)(=O)N2CCCCC2)c1)C1CCCC1. The van der Waals surface area contributed by atoms with Gasteiger partial charge in [-0.25, -0.2) is 8.42 Å². The molecule has 1 aliphatic heterocycles. The zero-order valence-corrected chi connectivity index (χ0v) is 17.3. The van der Waals surface area contributed by atoms with Crippen LogP contribution >= 0.6 is 0 Å². The van der Waals surface area contributed by atoms with Gasteiger partial charge in [0.1, 0.15) is 0 Å². The second kappa shape index (κ2) is 8.29. The molecule has 1 N–H and O–H groups in total. The quantitative estimate of drug-likeness (QED) is 0.755. The molecule has 6 nitrogen and oxygen atoms in total. The lowest BCUT2D eigenvalue weighted by Gasteiger charge is -2.35. The Morgan fingerprint density at radius 2 is 1.78 bits per heavy atom. The van der Waals surface area contributed by atoms with Crippen LogP contribution < -0.4 is 5.32 Å². The zero-order valence-electron chi connectivity index (χ0n) is 16.5. The van der Waals surface area contributed by atoms with Crippen LogP contribution in [-0.2, 0) is 14.8 Å². The van der Waals surface area contributed by atoms with Crippen LogP contribution in [0.15, 0.2) is 29.2 Å². The number of rotatable bonds is 6. The van der Waals surface area contributed by atoms with E-state index in [9.17, 15) is 13.2 Å². The molecule has 1 aromatic rings. The number of quaternary nitrogens is 1. The fourth-order valence-corrected chi connectivity index (χ4v) is 5.86. The van der Waals surface area contributed by atoms with Crippen molar-refractivity contribution in [2.24, 2.45) is 0 Å². The van der Waals surface area contributed by atoms with E-state index < -0.39 is 10.0 Å². The van der Waals surface area contributed by atoms with Crippen LogP contribution in [0, 0.1) is 0 Å². The minimum atomic E-state index is -3.49. The number of anilines is 1. The summed E-state index contributed by atoms with van der Waals surface area (Å²) in [5.74, 6) is -0.0700. The van der Waals surface area contributed by atoms with Gasteiger partial charge in [-0.15, -0.1) is 0 Å². The lowest BCUT2D eigenvalue weighted by molar-refractivity contribution is -0.906. The van der Waals surface area contributed by atoms with Crippen molar-refractivity contribution < 1.29 is 17.7 Å². The van der Waals surface area contributed by atoms with Crippen LogP contribution in [0.25, 0.3) is 0 Å². The van der Waals surface area contributed by atoms with Crippen molar-refractivity contribution in [2.75, 3.05) is 39.0 Å². The molecule has 0 spiro atoms. The van der Waals surface area contributed by atoms with E-state index in [1.807, 2.05) is 0 Å². The number of sulfonamides is 1. The van der Waals surface area contributed by atoms with Crippen molar-refractivity contribution in [3.05, 3.63) is 24.3 Å². The number of nitrogens with one attached hydrogen (secondary N) is 1. The number of hydrogen-bond acceptors (Lipinski definition) is 3. The third-order valence-electron chi connectivity index (χ3n) is 5.93. The number of carbonyl (C=O) groups is 1.